The third kappa shape index (κ3) is 4.46. The smallest absolute Gasteiger partial charge is 0.242 e. The summed E-state index contributed by atoms with van der Waals surface area (Å²) in [6, 6.07) is 0. The normalized spacial score (nSPS) is 23.3. The molecule has 1 atom stereocenters. The Balaban J connectivity index is 2.74. The molecule has 0 saturated carbocycles. The number of carbonyl (C=O) groups is 1. The minimum atomic E-state index is -0.290. The molecule has 112 valence electrons. The molecule has 1 aliphatic rings. The first-order valence-corrected chi connectivity index (χ1v) is 7.60. The van der Waals surface area contributed by atoms with E-state index in [1.165, 1.54) is 0 Å². The summed E-state index contributed by atoms with van der Waals surface area (Å²) >= 11 is 0. The van der Waals surface area contributed by atoms with Gasteiger partial charge in [0.2, 0.25) is 5.91 Å². The van der Waals surface area contributed by atoms with Gasteiger partial charge in [-0.15, -0.1) is 0 Å². The standard InChI is InChI=1S/C15H31N3O/c1-6-15(8-7-9-16-15)14(19)18(12-13(2)3)11-10-17(4)5/h13,16H,6-12H2,1-5H3. The van der Waals surface area contributed by atoms with E-state index in [0.29, 0.717) is 11.8 Å². The Morgan fingerprint density at radius 2 is 2.00 bits per heavy atom. The maximum absolute atomic E-state index is 12.9. The Labute approximate surface area is 118 Å². The largest absolute Gasteiger partial charge is 0.340 e. The summed E-state index contributed by atoms with van der Waals surface area (Å²) in [5.74, 6) is 0.824. The van der Waals surface area contributed by atoms with Gasteiger partial charge >= 0.3 is 0 Å². The molecule has 0 bridgehead atoms. The van der Waals surface area contributed by atoms with Crippen molar-refractivity contribution in [2.75, 3.05) is 40.3 Å². The van der Waals surface area contributed by atoms with Crippen LogP contribution in [0.3, 0.4) is 0 Å². The molecule has 1 heterocycles. The van der Waals surface area contributed by atoms with E-state index in [4.69, 9.17) is 0 Å². The molecule has 19 heavy (non-hydrogen) atoms. The number of hydrogen-bond acceptors (Lipinski definition) is 3. The molecule has 0 radical (unpaired) electrons. The van der Waals surface area contributed by atoms with Gasteiger partial charge in [0.25, 0.3) is 0 Å². The average molecular weight is 269 g/mol. The summed E-state index contributed by atoms with van der Waals surface area (Å²) in [5, 5.41) is 3.46. The third-order valence-electron chi connectivity index (χ3n) is 3.95. The second-order valence-corrected chi connectivity index (χ2v) is 6.41. The molecule has 0 aromatic carbocycles. The van der Waals surface area contributed by atoms with Crippen molar-refractivity contribution < 1.29 is 4.79 Å². The van der Waals surface area contributed by atoms with Crippen molar-refractivity contribution in [3.05, 3.63) is 0 Å². The minimum absolute atomic E-state index is 0.290. The van der Waals surface area contributed by atoms with Crippen molar-refractivity contribution in [3.8, 4) is 0 Å². The Bertz CT molecular complexity index is 283. The van der Waals surface area contributed by atoms with Crippen LogP contribution in [0.5, 0.6) is 0 Å². The van der Waals surface area contributed by atoms with Crippen molar-refractivity contribution in [2.45, 2.75) is 45.6 Å². The number of amides is 1. The van der Waals surface area contributed by atoms with E-state index in [1.807, 2.05) is 0 Å². The minimum Gasteiger partial charge on any atom is -0.340 e. The van der Waals surface area contributed by atoms with E-state index < -0.39 is 0 Å². The van der Waals surface area contributed by atoms with Crippen LogP contribution in [0.15, 0.2) is 0 Å². The average Bonchev–Trinajstić information content (AvgIpc) is 2.83. The van der Waals surface area contributed by atoms with Crippen LogP contribution in [0.2, 0.25) is 0 Å². The highest BCUT2D eigenvalue weighted by atomic mass is 16.2. The number of rotatable bonds is 7. The van der Waals surface area contributed by atoms with Crippen LogP contribution in [0.25, 0.3) is 0 Å². The summed E-state index contributed by atoms with van der Waals surface area (Å²) in [7, 11) is 4.11. The molecule has 1 fully saturated rings. The lowest BCUT2D eigenvalue weighted by Crippen LogP contribution is -2.56. The third-order valence-corrected chi connectivity index (χ3v) is 3.95. The highest BCUT2D eigenvalue weighted by Crippen LogP contribution is 2.25. The second kappa shape index (κ2) is 7.25. The highest BCUT2D eigenvalue weighted by molar-refractivity contribution is 5.86. The summed E-state index contributed by atoms with van der Waals surface area (Å²) in [5.41, 5.74) is -0.290. The first-order chi connectivity index (χ1) is 8.91. The van der Waals surface area contributed by atoms with Crippen LogP contribution in [0.4, 0.5) is 0 Å². The van der Waals surface area contributed by atoms with Crippen molar-refractivity contribution in [1.29, 1.82) is 0 Å². The van der Waals surface area contributed by atoms with Gasteiger partial charge < -0.3 is 15.1 Å². The molecule has 0 aliphatic carbocycles. The van der Waals surface area contributed by atoms with Crippen LogP contribution in [0.1, 0.15) is 40.0 Å². The fraction of sp³-hybridized carbons (Fsp3) is 0.933. The molecule has 0 aromatic heterocycles. The summed E-state index contributed by atoms with van der Waals surface area (Å²) in [4.78, 5) is 17.1. The highest BCUT2D eigenvalue weighted by Gasteiger charge is 2.41. The van der Waals surface area contributed by atoms with Gasteiger partial charge in [0.05, 0.1) is 5.54 Å². The monoisotopic (exact) mass is 269 g/mol. The van der Waals surface area contributed by atoms with Crippen LogP contribution >= 0.6 is 0 Å². The molecule has 0 spiro atoms. The molecule has 1 aliphatic heterocycles. The fourth-order valence-corrected chi connectivity index (χ4v) is 2.78. The van der Waals surface area contributed by atoms with Gasteiger partial charge in [0.15, 0.2) is 0 Å². The van der Waals surface area contributed by atoms with Crippen LogP contribution in [0, 0.1) is 5.92 Å². The Morgan fingerprint density at radius 3 is 2.42 bits per heavy atom. The number of nitrogens with one attached hydrogen (secondary N) is 1. The molecule has 1 unspecified atom stereocenters. The van der Waals surface area contributed by atoms with E-state index in [2.05, 4.69) is 50.0 Å². The molecule has 1 amide bonds. The van der Waals surface area contributed by atoms with E-state index in [0.717, 1.165) is 45.4 Å². The molecule has 4 nitrogen and oxygen atoms in total. The van der Waals surface area contributed by atoms with Crippen molar-refractivity contribution in [1.82, 2.24) is 15.1 Å². The zero-order valence-corrected chi connectivity index (χ0v) is 13.3. The lowest BCUT2D eigenvalue weighted by Gasteiger charge is -2.35. The first-order valence-electron chi connectivity index (χ1n) is 7.60. The van der Waals surface area contributed by atoms with Gasteiger partial charge in [-0.25, -0.2) is 0 Å². The quantitative estimate of drug-likeness (QED) is 0.762. The Morgan fingerprint density at radius 1 is 1.32 bits per heavy atom. The lowest BCUT2D eigenvalue weighted by atomic mass is 9.92. The van der Waals surface area contributed by atoms with Crippen molar-refractivity contribution >= 4 is 5.91 Å². The van der Waals surface area contributed by atoms with Gasteiger partial charge in [-0.05, 0) is 45.8 Å². The van der Waals surface area contributed by atoms with E-state index in [9.17, 15) is 4.79 Å². The van der Waals surface area contributed by atoms with Gasteiger partial charge in [-0.1, -0.05) is 20.8 Å². The molecular formula is C15H31N3O. The summed E-state index contributed by atoms with van der Waals surface area (Å²) in [6.07, 6.45) is 2.99. The van der Waals surface area contributed by atoms with Crippen LogP contribution in [-0.2, 0) is 4.79 Å². The lowest BCUT2D eigenvalue weighted by molar-refractivity contribution is -0.138. The molecule has 0 aromatic rings. The van der Waals surface area contributed by atoms with Gasteiger partial charge in [-0.2, -0.15) is 0 Å². The predicted molar refractivity (Wildman–Crippen MR) is 80.2 cm³/mol. The maximum atomic E-state index is 12.9. The summed E-state index contributed by atoms with van der Waals surface area (Å²) in [6.45, 7) is 10.1. The molecule has 1 saturated heterocycles. The maximum Gasteiger partial charge on any atom is 0.242 e. The molecule has 4 heteroatoms. The number of carbonyl (C=O) groups excluding carboxylic acids is 1. The Kier molecular flexibility index (Phi) is 6.27. The zero-order chi connectivity index (χ0) is 14.5. The van der Waals surface area contributed by atoms with Crippen molar-refractivity contribution in [2.24, 2.45) is 5.92 Å². The van der Waals surface area contributed by atoms with Crippen molar-refractivity contribution in [3.63, 3.8) is 0 Å². The molecular weight excluding hydrogens is 238 g/mol. The molecule has 1 N–H and O–H groups in total. The fourth-order valence-electron chi connectivity index (χ4n) is 2.78. The topological polar surface area (TPSA) is 35.6 Å². The Hall–Kier alpha value is -0.610. The van der Waals surface area contributed by atoms with Gasteiger partial charge in [0, 0.05) is 19.6 Å². The van der Waals surface area contributed by atoms with E-state index >= 15 is 0 Å². The number of hydrogen-bond donors (Lipinski definition) is 1. The number of nitrogens with zero attached hydrogens (tertiary/aromatic N) is 2. The summed E-state index contributed by atoms with van der Waals surface area (Å²) < 4.78 is 0. The van der Waals surface area contributed by atoms with Crippen LogP contribution in [-0.4, -0.2) is 61.5 Å². The zero-order valence-electron chi connectivity index (χ0n) is 13.3. The van der Waals surface area contributed by atoms with Gasteiger partial charge in [-0.3, -0.25) is 4.79 Å². The predicted octanol–water partition coefficient (Wildman–Crippen LogP) is 1.56. The SMILES string of the molecule is CCC1(C(=O)N(CCN(C)C)CC(C)C)CCCN1. The number of likely N-dealkylation sites (N-methyl/N-ethyl adjacent to an activating group) is 1. The van der Waals surface area contributed by atoms with E-state index in [1.54, 1.807) is 0 Å². The van der Waals surface area contributed by atoms with E-state index in [-0.39, 0.29) is 5.54 Å². The molecule has 1 rings (SSSR count). The van der Waals surface area contributed by atoms with Crippen LogP contribution < -0.4 is 5.32 Å². The second-order valence-electron chi connectivity index (χ2n) is 6.41. The van der Waals surface area contributed by atoms with Gasteiger partial charge in [0.1, 0.15) is 0 Å². The first kappa shape index (κ1) is 16.4.